The smallest absolute Gasteiger partial charge is 0.408 e. The van der Waals surface area contributed by atoms with Crippen molar-refractivity contribution in [1.82, 2.24) is 5.32 Å². The van der Waals surface area contributed by atoms with Crippen LogP contribution in [0.5, 0.6) is 0 Å². The van der Waals surface area contributed by atoms with E-state index in [0.717, 1.165) is 5.56 Å². The number of ketones is 1. The first kappa shape index (κ1) is 17.0. The van der Waals surface area contributed by atoms with Crippen LogP contribution in [-0.4, -0.2) is 30.5 Å². The molecule has 2 rings (SSSR count). The fourth-order valence-electron chi connectivity index (χ4n) is 2.35. The predicted octanol–water partition coefficient (Wildman–Crippen LogP) is 2.07. The van der Waals surface area contributed by atoms with Crippen molar-refractivity contribution < 1.29 is 23.9 Å². The summed E-state index contributed by atoms with van der Waals surface area (Å²) in [6.07, 6.45) is -0.161. The van der Waals surface area contributed by atoms with Gasteiger partial charge in [-0.2, -0.15) is 0 Å². The van der Waals surface area contributed by atoms with Crippen LogP contribution in [0.2, 0.25) is 0 Å². The minimum absolute atomic E-state index is 0.141. The lowest BCUT2D eigenvalue weighted by molar-refractivity contribution is -0.145. The number of alkyl carbamates (subject to hydrolysis) is 1. The lowest BCUT2D eigenvalue weighted by atomic mass is 10.1. The van der Waals surface area contributed by atoms with Crippen molar-refractivity contribution in [2.24, 2.45) is 11.8 Å². The van der Waals surface area contributed by atoms with E-state index in [1.807, 2.05) is 30.3 Å². The number of rotatable bonds is 7. The van der Waals surface area contributed by atoms with Gasteiger partial charge in [0.1, 0.15) is 6.61 Å². The van der Waals surface area contributed by atoms with Gasteiger partial charge in [0.2, 0.25) is 0 Å². The summed E-state index contributed by atoms with van der Waals surface area (Å²) in [5, 5.41) is 2.50. The molecule has 0 aromatic heterocycles. The molecular formula is C17H21NO5. The molecule has 23 heavy (non-hydrogen) atoms. The van der Waals surface area contributed by atoms with Gasteiger partial charge in [-0.25, -0.2) is 4.79 Å². The molecule has 0 aliphatic heterocycles. The number of carbonyl (C=O) groups excluding carboxylic acids is 3. The largest absolute Gasteiger partial charge is 0.466 e. The summed E-state index contributed by atoms with van der Waals surface area (Å²) in [6.45, 7) is 3.76. The summed E-state index contributed by atoms with van der Waals surface area (Å²) in [7, 11) is 0. The number of hydrogen-bond donors (Lipinski definition) is 1. The van der Waals surface area contributed by atoms with Gasteiger partial charge in [0.05, 0.1) is 18.6 Å². The molecule has 0 spiro atoms. The van der Waals surface area contributed by atoms with Gasteiger partial charge in [-0.1, -0.05) is 30.3 Å². The monoisotopic (exact) mass is 319 g/mol. The summed E-state index contributed by atoms with van der Waals surface area (Å²) < 4.78 is 9.96. The lowest BCUT2D eigenvalue weighted by Gasteiger charge is -2.13. The molecule has 1 amide bonds. The molecule has 0 saturated heterocycles. The number of benzene rings is 1. The van der Waals surface area contributed by atoms with Crippen LogP contribution in [0.4, 0.5) is 4.79 Å². The zero-order chi connectivity index (χ0) is 16.8. The summed E-state index contributed by atoms with van der Waals surface area (Å²) in [5.41, 5.74) is 0.867. The van der Waals surface area contributed by atoms with E-state index in [4.69, 9.17) is 9.47 Å². The van der Waals surface area contributed by atoms with Crippen LogP contribution in [0, 0.1) is 11.8 Å². The highest BCUT2D eigenvalue weighted by molar-refractivity contribution is 5.95. The number of ether oxygens (including phenoxy) is 2. The summed E-state index contributed by atoms with van der Waals surface area (Å²) in [4.78, 5) is 35.4. The molecular weight excluding hydrogens is 298 g/mol. The van der Waals surface area contributed by atoms with Gasteiger partial charge in [0, 0.05) is 5.92 Å². The van der Waals surface area contributed by atoms with E-state index in [0.29, 0.717) is 13.0 Å². The first-order valence-corrected chi connectivity index (χ1v) is 7.70. The Kier molecular flexibility index (Phi) is 5.73. The van der Waals surface area contributed by atoms with Crippen molar-refractivity contribution in [1.29, 1.82) is 0 Å². The van der Waals surface area contributed by atoms with E-state index in [9.17, 15) is 14.4 Å². The van der Waals surface area contributed by atoms with Crippen molar-refractivity contribution >= 4 is 17.8 Å². The van der Waals surface area contributed by atoms with Gasteiger partial charge < -0.3 is 14.8 Å². The van der Waals surface area contributed by atoms with Gasteiger partial charge in [-0.3, -0.25) is 9.59 Å². The molecule has 1 N–H and O–H groups in total. The molecule has 0 bridgehead atoms. The highest BCUT2D eigenvalue weighted by Gasteiger charge is 2.50. The van der Waals surface area contributed by atoms with Crippen LogP contribution in [0.15, 0.2) is 30.3 Å². The molecule has 0 heterocycles. The van der Waals surface area contributed by atoms with Crippen LogP contribution in [0.3, 0.4) is 0 Å². The van der Waals surface area contributed by atoms with Crippen molar-refractivity contribution in [2.45, 2.75) is 32.9 Å². The van der Waals surface area contributed by atoms with E-state index in [2.05, 4.69) is 5.32 Å². The average Bonchev–Trinajstić information content (AvgIpc) is 3.34. The maximum absolute atomic E-state index is 12.2. The minimum Gasteiger partial charge on any atom is -0.466 e. The number of nitrogens with one attached hydrogen (secondary N) is 1. The van der Waals surface area contributed by atoms with Crippen LogP contribution >= 0.6 is 0 Å². The van der Waals surface area contributed by atoms with E-state index >= 15 is 0 Å². The first-order chi connectivity index (χ1) is 11.0. The maximum atomic E-state index is 12.2. The molecule has 1 saturated carbocycles. The summed E-state index contributed by atoms with van der Waals surface area (Å²) >= 11 is 0. The zero-order valence-corrected chi connectivity index (χ0v) is 13.3. The van der Waals surface area contributed by atoms with Crippen molar-refractivity contribution in [3.8, 4) is 0 Å². The van der Waals surface area contributed by atoms with E-state index in [1.54, 1.807) is 13.8 Å². The zero-order valence-electron chi connectivity index (χ0n) is 13.3. The Hall–Kier alpha value is -2.37. The fourth-order valence-corrected chi connectivity index (χ4v) is 2.35. The molecule has 1 aliphatic rings. The Labute approximate surface area is 135 Å². The van der Waals surface area contributed by atoms with Crippen LogP contribution in [-0.2, 0) is 25.7 Å². The third kappa shape index (κ3) is 4.81. The molecule has 1 fully saturated rings. The normalized spacial score (nSPS) is 20.3. The molecule has 0 radical (unpaired) electrons. The van der Waals surface area contributed by atoms with Gasteiger partial charge in [0.25, 0.3) is 0 Å². The Balaban J connectivity index is 1.73. The van der Waals surface area contributed by atoms with Gasteiger partial charge in [-0.15, -0.1) is 0 Å². The highest BCUT2D eigenvalue weighted by Crippen LogP contribution is 2.40. The van der Waals surface area contributed by atoms with E-state index in [1.165, 1.54) is 0 Å². The molecule has 6 nitrogen and oxygen atoms in total. The van der Waals surface area contributed by atoms with Gasteiger partial charge in [0.15, 0.2) is 5.78 Å². The van der Waals surface area contributed by atoms with Crippen molar-refractivity contribution in [3.05, 3.63) is 35.9 Å². The van der Waals surface area contributed by atoms with Crippen LogP contribution < -0.4 is 5.32 Å². The number of amides is 1. The number of carbonyl (C=O) groups is 3. The average molecular weight is 319 g/mol. The van der Waals surface area contributed by atoms with Crippen molar-refractivity contribution in [2.75, 3.05) is 6.61 Å². The van der Waals surface area contributed by atoms with Crippen LogP contribution in [0.1, 0.15) is 25.8 Å². The number of Topliss-reactive ketones (excluding diaryl/α,β-unsaturated/α-hetero) is 1. The predicted molar refractivity (Wildman–Crippen MR) is 82.5 cm³/mol. The van der Waals surface area contributed by atoms with Crippen molar-refractivity contribution in [3.63, 3.8) is 0 Å². The number of hydrogen-bond acceptors (Lipinski definition) is 5. The second-order valence-corrected chi connectivity index (χ2v) is 5.53. The third-order valence-electron chi connectivity index (χ3n) is 3.72. The number of esters is 1. The quantitative estimate of drug-likeness (QED) is 0.778. The fraction of sp³-hybridized carbons (Fsp3) is 0.471. The van der Waals surface area contributed by atoms with E-state index in [-0.39, 0.29) is 30.2 Å². The second-order valence-electron chi connectivity index (χ2n) is 5.53. The molecule has 1 aromatic rings. The Morgan fingerprint density at radius 1 is 1.17 bits per heavy atom. The Morgan fingerprint density at radius 2 is 1.87 bits per heavy atom. The summed E-state index contributed by atoms with van der Waals surface area (Å²) in [6, 6.07) is 8.57. The lowest BCUT2D eigenvalue weighted by Crippen LogP contribution is -2.40. The minimum atomic E-state index is -0.692. The Morgan fingerprint density at radius 3 is 2.52 bits per heavy atom. The standard InChI is InChI=1S/C17H21NO5/c1-3-22-16(20)14-9-13(14)15(19)11(2)18-17(21)23-10-12-7-5-4-6-8-12/h4-8,11,13-14H,3,9-10H2,1-2H3,(H,18,21)/t11-,13+,14+/m1/s1. The molecule has 1 aliphatic carbocycles. The second kappa shape index (κ2) is 7.76. The Bertz CT molecular complexity index is 572. The first-order valence-electron chi connectivity index (χ1n) is 7.70. The molecule has 6 heteroatoms. The summed E-state index contributed by atoms with van der Waals surface area (Å²) in [5.74, 6) is -1.24. The third-order valence-corrected chi connectivity index (χ3v) is 3.72. The highest BCUT2D eigenvalue weighted by atomic mass is 16.5. The SMILES string of the molecule is CCOC(=O)[C@H]1C[C@@H]1C(=O)[C@@H](C)NC(=O)OCc1ccccc1. The van der Waals surface area contributed by atoms with Gasteiger partial charge >= 0.3 is 12.1 Å². The molecule has 0 unspecified atom stereocenters. The molecule has 3 atom stereocenters. The van der Waals surface area contributed by atoms with E-state index < -0.39 is 12.1 Å². The van der Waals surface area contributed by atoms with Gasteiger partial charge in [-0.05, 0) is 25.8 Å². The maximum Gasteiger partial charge on any atom is 0.408 e. The molecule has 124 valence electrons. The topological polar surface area (TPSA) is 81.7 Å². The molecule has 1 aromatic carbocycles. The van der Waals surface area contributed by atoms with Crippen LogP contribution in [0.25, 0.3) is 0 Å².